The van der Waals surface area contributed by atoms with Crippen molar-refractivity contribution >= 4 is 78.0 Å². The van der Waals surface area contributed by atoms with E-state index in [-0.39, 0.29) is 37.9 Å². The Labute approximate surface area is 831 Å². The van der Waals surface area contributed by atoms with Crippen LogP contribution in [-0.2, 0) is 43.3 Å². The smallest absolute Gasteiger partial charge is 0.160 e. The molecule has 0 N–H and O–H groups in total. The summed E-state index contributed by atoms with van der Waals surface area (Å²) >= 11 is 0. The number of anilines is 6. The van der Waals surface area contributed by atoms with Gasteiger partial charge in [-0.2, -0.15) is 0 Å². The first-order valence-electron chi connectivity index (χ1n) is 52.5. The molecule has 18 aromatic rings. The molecule has 0 unspecified atom stereocenters. The maximum atomic E-state index is 8.28. The Bertz CT molecular complexity index is 7780. The Morgan fingerprint density at radius 1 is 0.243 bits per heavy atom. The number of hydrogen-bond acceptors (Lipinski definition) is 4. The van der Waals surface area contributed by atoms with Crippen LogP contribution in [0.3, 0.4) is 0 Å². The maximum Gasteiger partial charge on any atom is 0.160 e. The molecule has 0 bridgehead atoms. The first-order chi connectivity index (χ1) is 67.4. The van der Waals surface area contributed by atoms with Gasteiger partial charge in [0.25, 0.3) is 0 Å². The summed E-state index contributed by atoms with van der Waals surface area (Å²) < 4.78 is 16.2. The zero-order valence-corrected chi connectivity index (χ0v) is 85.6. The number of nitrogens with zero attached hydrogens (tertiary/aromatic N) is 2. The van der Waals surface area contributed by atoms with Gasteiger partial charge in [-0.25, -0.2) is 0 Å². The summed E-state index contributed by atoms with van der Waals surface area (Å²) in [6, 6.07) is 123. The van der Waals surface area contributed by atoms with E-state index in [0.717, 1.165) is 106 Å². The lowest BCUT2D eigenvalue weighted by molar-refractivity contribution is 0.398. The van der Waals surface area contributed by atoms with Gasteiger partial charge in [-0.05, 0) is 282 Å². The number of fused-ring (bicyclic) bond motifs is 27. The van der Waals surface area contributed by atoms with E-state index in [1.165, 1.54) is 218 Å². The molecule has 0 fully saturated rings. The normalized spacial score (nSPS) is 14.7. The second kappa shape index (κ2) is 33.7. The summed E-state index contributed by atoms with van der Waals surface area (Å²) in [6.07, 6.45) is 18.2. The van der Waals surface area contributed by atoms with Crippen molar-refractivity contribution in [3.05, 3.63) is 393 Å². The monoisotopic (exact) mass is 1830 g/mol. The molecule has 0 amide bonds. The number of hydrogen-bond donors (Lipinski definition) is 0. The van der Waals surface area contributed by atoms with Crippen LogP contribution < -0.4 is 9.80 Å². The lowest BCUT2D eigenvalue weighted by atomic mass is 9.70. The Kier molecular flexibility index (Phi) is 21.8. The Morgan fingerprint density at radius 2 is 0.579 bits per heavy atom. The average molecular weight is 1830 g/mol. The van der Waals surface area contributed by atoms with Crippen LogP contribution in [0, 0.1) is 0 Å². The van der Waals surface area contributed by atoms with Crippen molar-refractivity contribution in [1.29, 1.82) is 0 Å². The lowest BCUT2D eigenvalue weighted by Crippen LogP contribution is -2.26. The summed E-state index contributed by atoms with van der Waals surface area (Å²) in [4.78, 5) is 5.03. The first-order valence-corrected chi connectivity index (χ1v) is 52.5. The van der Waals surface area contributed by atoms with E-state index in [4.69, 9.17) is 8.83 Å². The molecule has 5 aliphatic rings. The number of para-hydroxylation sites is 2. The fourth-order valence-electron chi connectivity index (χ4n) is 25.7. The first kappa shape index (κ1) is 90.6. The van der Waals surface area contributed by atoms with Gasteiger partial charge < -0.3 is 18.6 Å². The van der Waals surface area contributed by atoms with Crippen molar-refractivity contribution in [3.63, 3.8) is 0 Å². The van der Waals surface area contributed by atoms with Gasteiger partial charge in [-0.15, -0.1) is 0 Å². The minimum absolute atomic E-state index is 0.0223. The number of benzene rings is 16. The van der Waals surface area contributed by atoms with Crippen molar-refractivity contribution in [2.45, 2.75) is 258 Å². The molecule has 0 saturated carbocycles. The van der Waals surface area contributed by atoms with E-state index in [1.807, 2.05) is 0 Å². The van der Waals surface area contributed by atoms with E-state index in [0.29, 0.717) is 0 Å². The van der Waals surface area contributed by atoms with E-state index in [9.17, 15) is 0 Å². The third kappa shape index (κ3) is 14.4. The molecular weight excluding hydrogens is 1690 g/mol. The SMILES string of the molecule is CCCCCCCCC1(CCCCCCCC)c2ccccc2-c2ccc(-c3ccc4c(c3)C(C)(C)c3cc(-c5ccc6c(c5)C(C)(C)c5cc(-c7cccc8c7oc7c(N(c9ccc(C(C)(C)C)cc9)c9ccc(C(C)(C)C)cc9)cc9c(c78)-c7c(cc(N(c8ccc(C(C)(C)C)cc8)c8ccc(C(C)(C)C)cc8)c8c7oc7ccccc78)C97c8ccccc8-c8ccccc87)ccc5-6)ccc3-4)cc21. The average Bonchev–Trinajstić information content (AvgIpc) is 1.48. The van der Waals surface area contributed by atoms with Crippen LogP contribution in [0.2, 0.25) is 0 Å². The standard InChI is InChI=1S/C136H134N2O2/c1-19-21-23-25-27-37-76-135(77-38-28-26-24-22-20-2)109-46-33-29-40-99(109)106-74-53-88(81-116(106)135)87-52-73-103-102-71-50-85(78-112(102)133(15,16)113(103)80-87)86-51-72-104-105-75-54-89(82-115(105)134(17,18)114(104)79-86)98-44-39-45-108-123-124-117(84-120(127(123)140-126(98)108)138(96-67-59-92(60-68-96)131(9,10)11)97-69-61-93(62-70-97)132(12,13)14)136(110-47-34-30-41-100(110)101-42-31-35-48-111(101)136)118-83-119(122-107-43-32-36-49-121(107)139-128(122)125(118)124)137(94-63-55-90(56-64-94)129(3,4)5)95-65-57-91(58-66-95)130(6,7)8/h29-36,39-75,78-84H,19-28,37-38,76-77H2,1-18H3. The van der Waals surface area contributed by atoms with Crippen LogP contribution >= 0.6 is 0 Å². The molecule has 0 atom stereocenters. The second-order valence-corrected chi connectivity index (χ2v) is 46.8. The van der Waals surface area contributed by atoms with Crippen LogP contribution in [0.15, 0.2) is 324 Å². The minimum atomic E-state index is -0.916. The van der Waals surface area contributed by atoms with Crippen LogP contribution in [0.25, 0.3) is 133 Å². The summed E-state index contributed by atoms with van der Waals surface area (Å²) in [5, 5.41) is 4.18. The third-order valence-electron chi connectivity index (χ3n) is 33.3. The maximum absolute atomic E-state index is 8.28. The molecule has 700 valence electrons. The van der Waals surface area contributed by atoms with Crippen LogP contribution in [0.1, 0.15) is 292 Å². The third-order valence-corrected chi connectivity index (χ3v) is 33.3. The predicted octanol–water partition coefficient (Wildman–Crippen LogP) is 39.3. The van der Waals surface area contributed by atoms with E-state index >= 15 is 0 Å². The Morgan fingerprint density at radius 3 is 1.02 bits per heavy atom. The second-order valence-electron chi connectivity index (χ2n) is 46.8. The van der Waals surface area contributed by atoms with Crippen molar-refractivity contribution < 1.29 is 8.83 Å². The lowest BCUT2D eigenvalue weighted by Gasteiger charge is -2.34. The van der Waals surface area contributed by atoms with Gasteiger partial charge in [-0.1, -0.05) is 420 Å². The molecule has 2 heterocycles. The zero-order chi connectivity index (χ0) is 96.6. The highest BCUT2D eigenvalue weighted by Crippen LogP contribution is 2.70. The van der Waals surface area contributed by atoms with E-state index in [1.54, 1.807) is 11.1 Å². The highest BCUT2D eigenvalue weighted by molar-refractivity contribution is 6.27. The van der Waals surface area contributed by atoms with Crippen molar-refractivity contribution in [2.75, 3.05) is 9.80 Å². The molecule has 5 aliphatic carbocycles. The summed E-state index contributed by atoms with van der Waals surface area (Å²) in [7, 11) is 0. The Balaban J connectivity index is 0.677. The van der Waals surface area contributed by atoms with Crippen molar-refractivity contribution in [2.24, 2.45) is 0 Å². The molecule has 2 aromatic heterocycles. The molecule has 16 aromatic carbocycles. The highest BCUT2D eigenvalue weighted by atomic mass is 16.3. The zero-order valence-electron chi connectivity index (χ0n) is 85.6. The minimum Gasteiger partial charge on any atom is -0.455 e. The molecule has 1 spiro atoms. The molecule has 0 saturated heterocycles. The highest BCUT2D eigenvalue weighted by Gasteiger charge is 2.56. The van der Waals surface area contributed by atoms with Gasteiger partial charge in [-0.3, -0.25) is 0 Å². The quantitative estimate of drug-likeness (QED) is 0.0598. The Hall–Kier alpha value is -13.3. The van der Waals surface area contributed by atoms with Crippen LogP contribution in [-0.4, -0.2) is 0 Å². The van der Waals surface area contributed by atoms with Crippen LogP contribution in [0.4, 0.5) is 34.1 Å². The predicted molar refractivity (Wildman–Crippen MR) is 595 cm³/mol. The van der Waals surface area contributed by atoms with Gasteiger partial charge in [0.2, 0.25) is 0 Å². The number of unbranched alkanes of at least 4 members (excludes halogenated alkanes) is 10. The number of furan rings is 2. The van der Waals surface area contributed by atoms with Crippen LogP contribution in [0.5, 0.6) is 0 Å². The van der Waals surface area contributed by atoms with Gasteiger partial charge in [0.1, 0.15) is 16.7 Å². The molecular formula is C136H134N2O2. The summed E-state index contributed by atoms with van der Waals surface area (Å²) in [5.74, 6) is 0. The summed E-state index contributed by atoms with van der Waals surface area (Å²) in [6.45, 7) is 42.2. The fourth-order valence-corrected chi connectivity index (χ4v) is 25.7. The topological polar surface area (TPSA) is 32.8 Å². The molecule has 0 radical (unpaired) electrons. The fraction of sp³-hybridized carbons (Fsp3) is 0.294. The van der Waals surface area contributed by atoms with Gasteiger partial charge in [0.05, 0.1) is 22.2 Å². The largest absolute Gasteiger partial charge is 0.455 e. The van der Waals surface area contributed by atoms with Gasteiger partial charge in [0, 0.05) is 71.8 Å². The molecule has 4 heteroatoms. The molecule has 140 heavy (non-hydrogen) atoms. The van der Waals surface area contributed by atoms with Gasteiger partial charge in [0.15, 0.2) is 5.58 Å². The van der Waals surface area contributed by atoms with E-state index in [2.05, 4.69) is 450 Å². The van der Waals surface area contributed by atoms with Crippen molar-refractivity contribution in [1.82, 2.24) is 0 Å². The molecule has 23 rings (SSSR count). The van der Waals surface area contributed by atoms with Gasteiger partial charge >= 0.3 is 0 Å². The number of rotatable bonds is 23. The van der Waals surface area contributed by atoms with E-state index < -0.39 is 5.41 Å². The van der Waals surface area contributed by atoms with Crippen molar-refractivity contribution in [3.8, 4) is 89.0 Å². The molecule has 0 aliphatic heterocycles. The molecule has 4 nitrogen and oxygen atoms in total. The summed E-state index contributed by atoms with van der Waals surface area (Å²) in [5.41, 5.74) is 46.2.